The van der Waals surface area contributed by atoms with Crippen molar-refractivity contribution in [2.75, 3.05) is 19.6 Å². The molecule has 2 aliphatic rings. The highest BCUT2D eigenvalue weighted by molar-refractivity contribution is 9.11. The molecule has 1 atom stereocenters. The largest absolute Gasteiger partial charge is 0.333 e. The quantitative estimate of drug-likeness (QED) is 0.810. The Bertz CT molecular complexity index is 619. The molecule has 0 spiro atoms. The zero-order chi connectivity index (χ0) is 16.1. The van der Waals surface area contributed by atoms with Crippen molar-refractivity contribution in [1.82, 2.24) is 10.2 Å². The van der Waals surface area contributed by atoms with Gasteiger partial charge in [-0.3, -0.25) is 4.79 Å². The van der Waals surface area contributed by atoms with Gasteiger partial charge in [0.1, 0.15) is 5.92 Å². The molecule has 6 nitrogen and oxygen atoms in total. The molecule has 0 saturated carbocycles. The smallest absolute Gasteiger partial charge is 0.318 e. The summed E-state index contributed by atoms with van der Waals surface area (Å²) in [6.45, 7) is 6.53. The molecule has 0 aromatic carbocycles. The zero-order valence-corrected chi connectivity index (χ0v) is 13.8. The van der Waals surface area contributed by atoms with Crippen LogP contribution in [-0.2, 0) is 4.79 Å². The van der Waals surface area contributed by atoms with Crippen molar-refractivity contribution in [2.45, 2.75) is 6.92 Å². The third-order valence-corrected chi connectivity index (χ3v) is 3.48. The van der Waals surface area contributed by atoms with E-state index in [1.807, 2.05) is 13.0 Å². The van der Waals surface area contributed by atoms with Gasteiger partial charge in [-0.15, -0.1) is 0 Å². The van der Waals surface area contributed by atoms with Gasteiger partial charge in [-0.1, -0.05) is 40.7 Å². The predicted molar refractivity (Wildman–Crippen MR) is 90.4 cm³/mol. The number of carbonyl (C=O) groups is 2. The Morgan fingerprint density at radius 1 is 1.45 bits per heavy atom. The molecule has 1 aliphatic carbocycles. The van der Waals surface area contributed by atoms with Gasteiger partial charge < -0.3 is 10.2 Å². The summed E-state index contributed by atoms with van der Waals surface area (Å²) in [7, 11) is 0. The van der Waals surface area contributed by atoms with E-state index in [1.54, 1.807) is 18.2 Å². The fourth-order valence-corrected chi connectivity index (χ4v) is 2.21. The van der Waals surface area contributed by atoms with E-state index < -0.39 is 5.92 Å². The topological polar surface area (TPSA) is 74.1 Å². The lowest BCUT2D eigenvalue weighted by atomic mass is 9.96. The number of allylic oxidation sites excluding steroid dienone is 3. The SMILES string of the molecule is C=C(Br)CNC(=O)N(CC)CC1=NC(=O)C2C=CC=CC2=N1. The summed E-state index contributed by atoms with van der Waals surface area (Å²) in [6.07, 6.45) is 7.20. The van der Waals surface area contributed by atoms with Gasteiger partial charge in [0.05, 0.1) is 18.8 Å². The third-order valence-electron chi connectivity index (χ3n) is 3.20. The Morgan fingerprint density at radius 3 is 2.91 bits per heavy atom. The highest BCUT2D eigenvalue weighted by Crippen LogP contribution is 2.16. The number of carbonyl (C=O) groups excluding carboxylic acids is 2. The molecule has 0 saturated heterocycles. The van der Waals surface area contributed by atoms with E-state index in [0.29, 0.717) is 29.1 Å². The minimum atomic E-state index is -0.394. The number of amidine groups is 1. The monoisotopic (exact) mass is 364 g/mol. The Morgan fingerprint density at radius 2 is 2.23 bits per heavy atom. The van der Waals surface area contributed by atoms with E-state index in [0.717, 1.165) is 0 Å². The van der Waals surface area contributed by atoms with Gasteiger partial charge in [0.25, 0.3) is 5.91 Å². The second-order valence-corrected chi connectivity index (χ2v) is 5.94. The van der Waals surface area contributed by atoms with E-state index in [2.05, 4.69) is 37.8 Å². The minimum absolute atomic E-state index is 0.191. The molecule has 7 heteroatoms. The number of urea groups is 1. The first kappa shape index (κ1) is 16.4. The summed E-state index contributed by atoms with van der Waals surface area (Å²) < 4.78 is 0.685. The van der Waals surface area contributed by atoms with Crippen molar-refractivity contribution in [3.63, 3.8) is 0 Å². The van der Waals surface area contributed by atoms with Crippen LogP contribution in [0, 0.1) is 5.92 Å². The summed E-state index contributed by atoms with van der Waals surface area (Å²) in [5.41, 5.74) is 0.669. The van der Waals surface area contributed by atoms with Crippen LogP contribution in [0.5, 0.6) is 0 Å². The van der Waals surface area contributed by atoms with Crippen molar-refractivity contribution < 1.29 is 9.59 Å². The summed E-state index contributed by atoms with van der Waals surface area (Å²) in [5, 5.41) is 2.72. The second kappa shape index (κ2) is 7.31. The summed E-state index contributed by atoms with van der Waals surface area (Å²) in [4.78, 5) is 34.0. The van der Waals surface area contributed by atoms with E-state index in [1.165, 1.54) is 4.90 Å². The minimum Gasteiger partial charge on any atom is -0.333 e. The molecule has 2 rings (SSSR count). The van der Waals surface area contributed by atoms with Gasteiger partial charge in [-0.05, 0) is 13.0 Å². The van der Waals surface area contributed by atoms with E-state index in [-0.39, 0.29) is 18.5 Å². The van der Waals surface area contributed by atoms with Gasteiger partial charge in [-0.25, -0.2) is 9.79 Å². The number of fused-ring (bicyclic) bond motifs is 1. The number of hydrogen-bond acceptors (Lipinski definition) is 3. The first-order valence-corrected chi connectivity index (χ1v) is 7.71. The maximum Gasteiger partial charge on any atom is 0.318 e. The molecule has 1 N–H and O–H groups in total. The van der Waals surface area contributed by atoms with Gasteiger partial charge in [-0.2, -0.15) is 4.99 Å². The van der Waals surface area contributed by atoms with Crippen LogP contribution in [0.3, 0.4) is 0 Å². The average Bonchev–Trinajstić information content (AvgIpc) is 2.50. The molecule has 3 amide bonds. The van der Waals surface area contributed by atoms with Crippen LogP contribution < -0.4 is 5.32 Å². The Labute approximate surface area is 137 Å². The molecular weight excluding hydrogens is 348 g/mol. The maximum absolute atomic E-state index is 12.1. The highest BCUT2D eigenvalue weighted by atomic mass is 79.9. The van der Waals surface area contributed by atoms with Crippen LogP contribution in [0.4, 0.5) is 4.79 Å². The molecule has 1 unspecified atom stereocenters. The first-order chi connectivity index (χ1) is 10.5. The molecule has 116 valence electrons. The summed E-state index contributed by atoms with van der Waals surface area (Å²) >= 11 is 3.19. The number of halogens is 1. The zero-order valence-electron chi connectivity index (χ0n) is 12.3. The van der Waals surface area contributed by atoms with Crippen LogP contribution >= 0.6 is 15.9 Å². The van der Waals surface area contributed by atoms with Crippen LogP contribution in [-0.4, -0.2) is 48.0 Å². The molecule has 22 heavy (non-hydrogen) atoms. The molecular formula is C15H17BrN4O2. The first-order valence-electron chi connectivity index (χ1n) is 6.92. The fourth-order valence-electron chi connectivity index (χ4n) is 2.07. The number of nitrogens with zero attached hydrogens (tertiary/aromatic N) is 3. The lowest BCUT2D eigenvalue weighted by Crippen LogP contribution is -2.43. The number of nitrogens with one attached hydrogen (secondary N) is 1. The van der Waals surface area contributed by atoms with Crippen molar-refractivity contribution in [1.29, 1.82) is 0 Å². The highest BCUT2D eigenvalue weighted by Gasteiger charge is 2.27. The molecule has 0 radical (unpaired) electrons. The Hall–Kier alpha value is -2.02. The Balaban J connectivity index is 2.05. The standard InChI is InChI=1S/C15H17BrN4O2/c1-3-20(15(22)17-8-10(2)16)9-13-18-12-7-5-4-6-11(12)14(21)19-13/h4-7,11H,2-3,8-9H2,1H3,(H,17,22). The number of aliphatic imine (C=N–C) groups is 2. The second-order valence-electron chi connectivity index (χ2n) is 4.81. The van der Waals surface area contributed by atoms with Crippen LogP contribution in [0.2, 0.25) is 0 Å². The lowest BCUT2D eigenvalue weighted by Gasteiger charge is -2.23. The summed E-state index contributed by atoms with van der Waals surface area (Å²) in [6, 6.07) is -0.250. The van der Waals surface area contributed by atoms with Gasteiger partial charge >= 0.3 is 6.03 Å². The van der Waals surface area contributed by atoms with Gasteiger partial charge in [0.2, 0.25) is 0 Å². The lowest BCUT2D eigenvalue weighted by molar-refractivity contribution is -0.118. The van der Waals surface area contributed by atoms with Crippen molar-refractivity contribution in [3.05, 3.63) is 35.4 Å². The molecule has 0 aromatic heterocycles. The van der Waals surface area contributed by atoms with Crippen molar-refractivity contribution in [2.24, 2.45) is 15.9 Å². The summed E-state index contributed by atoms with van der Waals surface area (Å²) in [5.74, 6) is -0.286. The van der Waals surface area contributed by atoms with E-state index >= 15 is 0 Å². The maximum atomic E-state index is 12.1. The van der Waals surface area contributed by atoms with Crippen LogP contribution in [0.15, 0.2) is 45.4 Å². The van der Waals surface area contributed by atoms with Gasteiger partial charge in [0.15, 0.2) is 5.84 Å². The van der Waals surface area contributed by atoms with Crippen molar-refractivity contribution in [3.8, 4) is 0 Å². The van der Waals surface area contributed by atoms with Crippen LogP contribution in [0.1, 0.15) is 6.92 Å². The third kappa shape index (κ3) is 4.00. The molecule has 1 aliphatic heterocycles. The molecule has 1 heterocycles. The molecule has 0 aromatic rings. The average molecular weight is 365 g/mol. The Kier molecular flexibility index (Phi) is 5.43. The fraction of sp³-hybridized carbons (Fsp3) is 0.333. The van der Waals surface area contributed by atoms with E-state index in [9.17, 15) is 9.59 Å². The van der Waals surface area contributed by atoms with E-state index in [4.69, 9.17) is 0 Å². The number of rotatable bonds is 5. The van der Waals surface area contributed by atoms with Gasteiger partial charge in [0, 0.05) is 11.0 Å². The molecule has 0 bridgehead atoms. The number of likely N-dealkylation sites (N-methyl/N-ethyl adjacent to an activating group) is 1. The van der Waals surface area contributed by atoms with Crippen LogP contribution in [0.25, 0.3) is 0 Å². The normalized spacial score (nSPS) is 19.2. The van der Waals surface area contributed by atoms with Crippen molar-refractivity contribution >= 4 is 39.4 Å². The molecule has 0 fully saturated rings. The predicted octanol–water partition coefficient (Wildman–Crippen LogP) is 2.05. The number of hydrogen-bond donors (Lipinski definition) is 1. The number of amides is 3.